The van der Waals surface area contributed by atoms with Gasteiger partial charge in [-0.1, -0.05) is 0 Å². The molecule has 1 N–H and O–H groups in total. The molecule has 3 aromatic heterocycles. The first-order valence-corrected chi connectivity index (χ1v) is 9.98. The molecule has 1 spiro atoms. The average molecular weight is 393 g/mol. The Morgan fingerprint density at radius 1 is 1.24 bits per heavy atom. The van der Waals surface area contributed by atoms with Gasteiger partial charge in [0.2, 0.25) is 5.91 Å². The number of imidazole rings is 1. The number of fused-ring (bicyclic) bond motifs is 1. The number of nitrogens with one attached hydrogen (secondary N) is 1. The molecular weight excluding hydrogens is 370 g/mol. The first-order valence-electron chi connectivity index (χ1n) is 9.98. The molecule has 1 aliphatic heterocycles. The average Bonchev–Trinajstić information content (AvgIpc) is 3.09. The highest BCUT2D eigenvalue weighted by Crippen LogP contribution is 2.59. The fourth-order valence-corrected chi connectivity index (χ4v) is 4.47. The highest BCUT2D eigenvalue weighted by molar-refractivity contribution is 5.95. The number of carbonyl (C=O) groups excluding carboxylic acids is 2. The van der Waals surface area contributed by atoms with Crippen molar-refractivity contribution < 1.29 is 14.0 Å². The quantitative estimate of drug-likeness (QED) is 0.716. The van der Waals surface area contributed by atoms with Crippen LogP contribution in [0.15, 0.2) is 47.7 Å². The van der Waals surface area contributed by atoms with E-state index in [0.29, 0.717) is 30.4 Å². The van der Waals surface area contributed by atoms with Gasteiger partial charge in [-0.25, -0.2) is 4.98 Å². The lowest BCUT2D eigenvalue weighted by Gasteiger charge is -2.33. The van der Waals surface area contributed by atoms with Crippen molar-refractivity contribution in [2.75, 3.05) is 19.6 Å². The van der Waals surface area contributed by atoms with Crippen LogP contribution in [0.5, 0.6) is 0 Å². The van der Waals surface area contributed by atoms with Crippen molar-refractivity contribution in [1.29, 1.82) is 0 Å². The van der Waals surface area contributed by atoms with Crippen LogP contribution in [0.2, 0.25) is 0 Å². The predicted octanol–water partition coefficient (Wildman–Crippen LogP) is 2.08. The van der Waals surface area contributed by atoms with Crippen LogP contribution in [-0.4, -0.2) is 50.9 Å². The van der Waals surface area contributed by atoms with Crippen molar-refractivity contribution in [3.8, 4) is 0 Å². The number of rotatable bonds is 5. The van der Waals surface area contributed by atoms with E-state index < -0.39 is 0 Å². The summed E-state index contributed by atoms with van der Waals surface area (Å²) in [6, 6.07) is 3.58. The molecule has 0 radical (unpaired) electrons. The lowest BCUT2D eigenvalue weighted by Crippen LogP contribution is -2.41. The number of pyridine rings is 1. The third kappa shape index (κ3) is 3.50. The molecule has 0 bridgehead atoms. The van der Waals surface area contributed by atoms with Crippen LogP contribution < -0.4 is 5.32 Å². The summed E-state index contributed by atoms with van der Waals surface area (Å²) in [4.78, 5) is 34.8. The maximum Gasteiger partial charge on any atom is 0.287 e. The van der Waals surface area contributed by atoms with Gasteiger partial charge in [-0.15, -0.1) is 0 Å². The van der Waals surface area contributed by atoms with Gasteiger partial charge >= 0.3 is 0 Å². The highest BCUT2D eigenvalue weighted by atomic mass is 16.3. The largest absolute Gasteiger partial charge is 0.449 e. The van der Waals surface area contributed by atoms with Gasteiger partial charge in [0.25, 0.3) is 5.91 Å². The molecule has 1 atom stereocenters. The van der Waals surface area contributed by atoms with Crippen molar-refractivity contribution in [2.45, 2.75) is 25.8 Å². The normalized spacial score (nSPS) is 20.1. The monoisotopic (exact) mass is 393 g/mol. The minimum atomic E-state index is -0.184. The second-order valence-corrected chi connectivity index (χ2v) is 8.11. The minimum absolute atomic E-state index is 0.141. The van der Waals surface area contributed by atoms with Crippen LogP contribution in [0.3, 0.4) is 0 Å². The number of piperidine rings is 1. The molecular formula is C21H23N5O3. The predicted molar refractivity (Wildman–Crippen MR) is 105 cm³/mol. The van der Waals surface area contributed by atoms with Crippen LogP contribution in [0.25, 0.3) is 11.0 Å². The number of hydrogen-bond acceptors (Lipinski definition) is 5. The summed E-state index contributed by atoms with van der Waals surface area (Å²) in [6.07, 6.45) is 11.6. The number of nitrogens with zero attached hydrogens (tertiary/aromatic N) is 4. The van der Waals surface area contributed by atoms with Gasteiger partial charge in [-0.05, 0) is 42.7 Å². The van der Waals surface area contributed by atoms with Crippen LogP contribution in [0.4, 0.5) is 0 Å². The number of carbonyl (C=O) groups is 2. The van der Waals surface area contributed by atoms with E-state index in [9.17, 15) is 9.59 Å². The highest BCUT2D eigenvalue weighted by Gasteiger charge is 2.54. The fraction of sp³-hybridized carbons (Fsp3) is 0.429. The Morgan fingerprint density at radius 3 is 2.86 bits per heavy atom. The van der Waals surface area contributed by atoms with Gasteiger partial charge in [0.05, 0.1) is 12.5 Å². The topological polar surface area (TPSA) is 93.3 Å². The van der Waals surface area contributed by atoms with E-state index in [0.717, 1.165) is 37.7 Å². The Kier molecular flexibility index (Phi) is 4.34. The third-order valence-electron chi connectivity index (χ3n) is 6.40. The lowest BCUT2D eigenvalue weighted by atomic mass is 9.90. The van der Waals surface area contributed by atoms with Crippen LogP contribution in [0.1, 0.15) is 29.8 Å². The molecule has 8 nitrogen and oxygen atoms in total. The van der Waals surface area contributed by atoms with Gasteiger partial charge in [-0.3, -0.25) is 14.6 Å². The summed E-state index contributed by atoms with van der Waals surface area (Å²) in [7, 11) is 0. The number of likely N-dealkylation sites (tertiary alicyclic amines) is 1. The summed E-state index contributed by atoms with van der Waals surface area (Å²) in [5, 5.41) is 3.89. The summed E-state index contributed by atoms with van der Waals surface area (Å²) in [5.41, 5.74) is 0.893. The SMILES string of the molecule is O=C(NCC1CC12CCN(C(=O)Cn1ccnc1)CC2)c1cc2ccncc2o1. The van der Waals surface area contributed by atoms with Crippen LogP contribution >= 0.6 is 0 Å². The Bertz CT molecular complexity index is 1000. The minimum Gasteiger partial charge on any atom is -0.449 e. The smallest absolute Gasteiger partial charge is 0.287 e. The van der Waals surface area contributed by atoms with E-state index in [4.69, 9.17) is 4.42 Å². The Balaban J connectivity index is 1.11. The molecule has 1 saturated carbocycles. The van der Waals surface area contributed by atoms with Gasteiger partial charge in [0.15, 0.2) is 11.3 Å². The molecule has 2 fully saturated rings. The standard InChI is InChI=1S/C21H23N5O3/c27-19(13-25-8-5-23-14-25)26-6-2-21(3-7-26)10-16(21)11-24-20(28)17-9-15-1-4-22-12-18(15)29-17/h1,4-5,8-9,12,14,16H,2-3,6-7,10-11,13H2,(H,24,28). The summed E-state index contributed by atoms with van der Waals surface area (Å²) < 4.78 is 7.38. The molecule has 2 aliphatic rings. The molecule has 29 heavy (non-hydrogen) atoms. The summed E-state index contributed by atoms with van der Waals surface area (Å²) >= 11 is 0. The van der Waals surface area contributed by atoms with Gasteiger partial charge in [-0.2, -0.15) is 0 Å². The molecule has 4 heterocycles. The molecule has 3 aromatic rings. The second kappa shape index (κ2) is 7.02. The number of amides is 2. The Morgan fingerprint density at radius 2 is 2.10 bits per heavy atom. The third-order valence-corrected chi connectivity index (χ3v) is 6.40. The van der Waals surface area contributed by atoms with E-state index in [1.54, 1.807) is 35.6 Å². The number of furan rings is 1. The Labute approximate surface area is 167 Å². The maximum atomic E-state index is 12.4. The summed E-state index contributed by atoms with van der Waals surface area (Å²) in [6.45, 7) is 2.57. The molecule has 5 rings (SSSR count). The van der Waals surface area contributed by atoms with E-state index in [-0.39, 0.29) is 17.2 Å². The van der Waals surface area contributed by atoms with Gasteiger partial charge in [0, 0.05) is 43.6 Å². The zero-order valence-electron chi connectivity index (χ0n) is 16.1. The molecule has 1 saturated heterocycles. The van der Waals surface area contributed by atoms with Gasteiger partial charge in [0.1, 0.15) is 6.54 Å². The van der Waals surface area contributed by atoms with Crippen molar-refractivity contribution >= 4 is 22.8 Å². The maximum absolute atomic E-state index is 12.4. The first-order chi connectivity index (χ1) is 14.1. The van der Waals surface area contributed by atoms with Crippen LogP contribution in [-0.2, 0) is 11.3 Å². The second-order valence-electron chi connectivity index (χ2n) is 8.11. The van der Waals surface area contributed by atoms with Crippen molar-refractivity contribution in [2.24, 2.45) is 11.3 Å². The van der Waals surface area contributed by atoms with E-state index in [1.165, 1.54) is 0 Å². The molecule has 150 valence electrons. The number of hydrogen-bond donors (Lipinski definition) is 1. The van der Waals surface area contributed by atoms with Crippen molar-refractivity contribution in [3.63, 3.8) is 0 Å². The lowest BCUT2D eigenvalue weighted by molar-refractivity contribution is -0.133. The fourth-order valence-electron chi connectivity index (χ4n) is 4.47. The molecule has 1 unspecified atom stereocenters. The zero-order valence-corrected chi connectivity index (χ0v) is 16.1. The van der Waals surface area contributed by atoms with E-state index in [1.807, 2.05) is 17.2 Å². The molecule has 2 amide bonds. The zero-order chi connectivity index (χ0) is 19.8. The first kappa shape index (κ1) is 17.9. The Hall–Kier alpha value is -3.16. The molecule has 8 heteroatoms. The van der Waals surface area contributed by atoms with E-state index in [2.05, 4.69) is 15.3 Å². The van der Waals surface area contributed by atoms with Crippen molar-refractivity contribution in [1.82, 2.24) is 24.8 Å². The molecule has 1 aliphatic carbocycles. The van der Waals surface area contributed by atoms with Gasteiger partial charge < -0.3 is 19.2 Å². The van der Waals surface area contributed by atoms with Crippen LogP contribution in [0, 0.1) is 11.3 Å². The number of aromatic nitrogens is 3. The van der Waals surface area contributed by atoms with Crippen molar-refractivity contribution in [3.05, 3.63) is 49.0 Å². The van der Waals surface area contributed by atoms with E-state index >= 15 is 0 Å². The summed E-state index contributed by atoms with van der Waals surface area (Å²) in [5.74, 6) is 0.755. The molecule has 0 aromatic carbocycles.